The molecule has 1 aliphatic heterocycles. The second-order valence-electron chi connectivity index (χ2n) is 19.7. The lowest BCUT2D eigenvalue weighted by atomic mass is 9.31. The SMILES string of the molecule is C=C(C)[C@@H]1CCC2(C(=O)O)CC[C@]3(C)[C@H](CC[C@H]4C3(C)CC[C@H]3C(C)(C)C(OC(=O)CC(C)(C)CC(=O)N5CCOCC5)CC[C@@]34C)[C@@]12N. The number of hydrogen-bond acceptors (Lipinski definition) is 6. The predicted molar refractivity (Wildman–Crippen MR) is 190 cm³/mol. The number of amides is 1. The average Bonchev–Trinajstić information content (AvgIpc) is 3.33. The van der Waals surface area contributed by atoms with Gasteiger partial charge in [-0.05, 0) is 116 Å². The largest absolute Gasteiger partial charge is 0.481 e. The molecule has 1 heterocycles. The van der Waals surface area contributed by atoms with E-state index in [9.17, 15) is 19.5 Å². The lowest BCUT2D eigenvalue weighted by Crippen LogP contribution is -2.75. The number of esters is 1. The first-order valence-electron chi connectivity index (χ1n) is 19.4. The normalized spacial score (nSPS) is 44.5. The fourth-order valence-electron chi connectivity index (χ4n) is 14.0. The summed E-state index contributed by atoms with van der Waals surface area (Å²) in [5.74, 6) is 0.252. The highest BCUT2D eigenvalue weighted by Crippen LogP contribution is 2.78. The van der Waals surface area contributed by atoms with Gasteiger partial charge in [-0.3, -0.25) is 14.4 Å². The third kappa shape index (κ3) is 5.29. The van der Waals surface area contributed by atoms with Crippen LogP contribution in [-0.2, 0) is 23.9 Å². The summed E-state index contributed by atoms with van der Waals surface area (Å²) < 4.78 is 11.8. The Kier molecular flexibility index (Phi) is 9.07. The quantitative estimate of drug-likeness (QED) is 0.212. The summed E-state index contributed by atoms with van der Waals surface area (Å²) in [6, 6.07) is 0. The number of carboxylic acids is 1. The Morgan fingerprint density at radius 2 is 1.49 bits per heavy atom. The second kappa shape index (κ2) is 12.1. The Morgan fingerprint density at radius 3 is 2.12 bits per heavy atom. The monoisotopic (exact) mass is 682 g/mol. The van der Waals surface area contributed by atoms with Crippen LogP contribution >= 0.6 is 0 Å². The van der Waals surface area contributed by atoms with Crippen LogP contribution in [0.1, 0.15) is 132 Å². The number of nitrogens with zero attached hydrogens (tertiary/aromatic N) is 1. The van der Waals surface area contributed by atoms with E-state index in [1.54, 1.807) is 0 Å². The zero-order valence-corrected chi connectivity index (χ0v) is 31.9. The van der Waals surface area contributed by atoms with E-state index in [0.29, 0.717) is 57.4 Å². The summed E-state index contributed by atoms with van der Waals surface area (Å²) in [5.41, 5.74) is 6.40. The maximum absolute atomic E-state index is 13.5. The van der Waals surface area contributed by atoms with Crippen molar-refractivity contribution in [2.24, 2.45) is 61.9 Å². The molecule has 0 spiro atoms. The molecular formula is C41H66N2O6. The summed E-state index contributed by atoms with van der Waals surface area (Å²) in [7, 11) is 0. The molecule has 0 aromatic carbocycles. The van der Waals surface area contributed by atoms with E-state index < -0.39 is 22.3 Å². The van der Waals surface area contributed by atoms with Gasteiger partial charge in [-0.25, -0.2) is 0 Å². The van der Waals surface area contributed by atoms with E-state index in [-0.39, 0.29) is 57.9 Å². The van der Waals surface area contributed by atoms with Gasteiger partial charge in [0, 0.05) is 30.5 Å². The molecule has 1 saturated heterocycles. The Balaban J connectivity index is 1.19. The number of rotatable bonds is 7. The van der Waals surface area contributed by atoms with Gasteiger partial charge in [0.1, 0.15) is 6.10 Å². The van der Waals surface area contributed by atoms with Crippen molar-refractivity contribution in [1.82, 2.24) is 4.90 Å². The van der Waals surface area contributed by atoms with Crippen LogP contribution < -0.4 is 5.73 Å². The molecule has 3 N–H and O–H groups in total. The second-order valence-corrected chi connectivity index (χ2v) is 19.7. The number of carbonyl (C=O) groups excluding carboxylic acids is 2. The Bertz CT molecular complexity index is 1370. The van der Waals surface area contributed by atoms with Crippen molar-refractivity contribution in [3.05, 3.63) is 12.2 Å². The van der Waals surface area contributed by atoms with Crippen LogP contribution in [0.4, 0.5) is 0 Å². The van der Waals surface area contributed by atoms with Crippen LogP contribution in [0.15, 0.2) is 12.2 Å². The van der Waals surface area contributed by atoms with Crippen molar-refractivity contribution >= 4 is 17.8 Å². The van der Waals surface area contributed by atoms with Crippen molar-refractivity contribution in [3.63, 3.8) is 0 Å². The minimum Gasteiger partial charge on any atom is -0.481 e. The first-order valence-corrected chi connectivity index (χ1v) is 19.4. The number of ether oxygens (including phenoxy) is 2. The molecule has 8 heteroatoms. The molecule has 0 aromatic rings. The lowest BCUT2D eigenvalue weighted by molar-refractivity contribution is -0.253. The molecule has 8 nitrogen and oxygen atoms in total. The van der Waals surface area contributed by atoms with Gasteiger partial charge in [0.15, 0.2) is 0 Å². The maximum atomic E-state index is 13.5. The number of carboxylic acid groups (broad SMARTS) is 1. The molecule has 6 aliphatic rings. The Morgan fingerprint density at radius 1 is 0.857 bits per heavy atom. The van der Waals surface area contributed by atoms with E-state index in [1.165, 1.54) is 0 Å². The van der Waals surface area contributed by atoms with E-state index >= 15 is 0 Å². The minimum absolute atomic E-state index is 0.0341. The molecule has 0 radical (unpaired) electrons. The summed E-state index contributed by atoms with van der Waals surface area (Å²) >= 11 is 0. The van der Waals surface area contributed by atoms with Crippen molar-refractivity contribution in [1.29, 1.82) is 0 Å². The molecule has 49 heavy (non-hydrogen) atoms. The zero-order chi connectivity index (χ0) is 36.0. The topological polar surface area (TPSA) is 119 Å². The molecule has 5 aliphatic carbocycles. The minimum atomic E-state index is -0.876. The summed E-state index contributed by atoms with van der Waals surface area (Å²) in [6.45, 7) is 24.9. The molecule has 0 bridgehead atoms. The number of aliphatic carboxylic acids is 1. The van der Waals surface area contributed by atoms with Crippen molar-refractivity contribution < 1.29 is 29.0 Å². The average molecular weight is 683 g/mol. The molecule has 276 valence electrons. The maximum Gasteiger partial charge on any atom is 0.311 e. The van der Waals surface area contributed by atoms with E-state index in [2.05, 4.69) is 48.1 Å². The third-order valence-corrected chi connectivity index (χ3v) is 16.6. The lowest BCUT2D eigenvalue weighted by Gasteiger charge is -2.74. The van der Waals surface area contributed by atoms with Gasteiger partial charge >= 0.3 is 11.9 Å². The predicted octanol–water partition coefficient (Wildman–Crippen LogP) is 7.39. The van der Waals surface area contributed by atoms with Gasteiger partial charge in [0.25, 0.3) is 0 Å². The van der Waals surface area contributed by atoms with Crippen molar-refractivity contribution in [3.8, 4) is 0 Å². The highest BCUT2D eigenvalue weighted by molar-refractivity contribution is 5.79. The molecule has 6 rings (SSSR count). The smallest absolute Gasteiger partial charge is 0.311 e. The van der Waals surface area contributed by atoms with Crippen molar-refractivity contribution in [2.45, 2.75) is 144 Å². The van der Waals surface area contributed by atoms with E-state index in [1.807, 2.05) is 18.7 Å². The zero-order valence-electron chi connectivity index (χ0n) is 31.9. The fourth-order valence-corrected chi connectivity index (χ4v) is 14.0. The number of nitrogens with two attached hydrogens (primary N) is 1. The van der Waals surface area contributed by atoms with Crippen molar-refractivity contribution in [2.75, 3.05) is 26.3 Å². The van der Waals surface area contributed by atoms with Crippen LogP contribution in [0.3, 0.4) is 0 Å². The third-order valence-electron chi connectivity index (χ3n) is 16.6. The first kappa shape index (κ1) is 36.8. The summed E-state index contributed by atoms with van der Waals surface area (Å²) in [4.78, 5) is 41.5. The Labute approximate surface area is 295 Å². The van der Waals surface area contributed by atoms with E-state index in [0.717, 1.165) is 56.9 Å². The first-order chi connectivity index (χ1) is 22.7. The number of fused-ring (bicyclic) bond motifs is 7. The van der Waals surface area contributed by atoms with E-state index in [4.69, 9.17) is 15.2 Å². The molecule has 6 fully saturated rings. The Hall–Kier alpha value is -1.93. The molecule has 3 unspecified atom stereocenters. The van der Waals surface area contributed by atoms with Crippen LogP contribution in [-0.4, -0.2) is 65.8 Å². The molecule has 10 atom stereocenters. The van der Waals surface area contributed by atoms with Crippen LogP contribution in [0.25, 0.3) is 0 Å². The standard InChI is InChI=1S/C41H66N2O6/c1-26(2)27-12-17-40(34(46)47)19-18-39(9)30(41(27,40)42)11-10-29-37(7)15-14-31(36(5,6)28(37)13-16-38(29,39)8)49-33(45)25-35(3,4)24-32(44)43-20-22-48-23-21-43/h27-31H,1,10-25,42H2,2-9H3,(H,46,47)/t27-,28-,29+,30-,31?,37-,38?,39+,40?,41-/m0/s1. The molecule has 0 aromatic heterocycles. The van der Waals surface area contributed by atoms with Crippen LogP contribution in [0, 0.1) is 56.2 Å². The highest BCUT2D eigenvalue weighted by Gasteiger charge is 2.76. The summed E-state index contributed by atoms with van der Waals surface area (Å²) in [5, 5.41) is 10.8. The highest BCUT2D eigenvalue weighted by atomic mass is 16.5. The fraction of sp³-hybridized carbons (Fsp3) is 0.878. The van der Waals surface area contributed by atoms with Crippen LogP contribution in [0.5, 0.6) is 0 Å². The van der Waals surface area contributed by atoms with Gasteiger partial charge in [0.2, 0.25) is 5.91 Å². The number of carbonyl (C=O) groups is 3. The van der Waals surface area contributed by atoms with Crippen LogP contribution in [0.2, 0.25) is 0 Å². The number of hydrogen-bond donors (Lipinski definition) is 2. The molecular weight excluding hydrogens is 616 g/mol. The molecule has 5 saturated carbocycles. The molecule has 1 amide bonds. The van der Waals surface area contributed by atoms with Gasteiger partial charge in [-0.1, -0.05) is 60.6 Å². The number of morpholine rings is 1. The summed E-state index contributed by atoms with van der Waals surface area (Å²) in [6.07, 6.45) is 9.45. The van der Waals surface area contributed by atoms with Gasteiger partial charge in [-0.2, -0.15) is 0 Å². The van der Waals surface area contributed by atoms with Gasteiger partial charge in [-0.15, -0.1) is 0 Å². The van der Waals surface area contributed by atoms with Gasteiger partial charge < -0.3 is 25.2 Å². The van der Waals surface area contributed by atoms with Gasteiger partial charge in [0.05, 0.1) is 25.0 Å².